The molecule has 0 aliphatic heterocycles. The molecule has 7 nitrogen and oxygen atoms in total. The van der Waals surface area contributed by atoms with E-state index in [0.29, 0.717) is 0 Å². The number of carbonyl (C=O) groups excluding carboxylic acids is 3. The number of hydrogen-bond acceptors (Lipinski definition) is 6. The predicted octanol–water partition coefficient (Wildman–Crippen LogP) is -0.109. The van der Waals surface area contributed by atoms with E-state index in [9.17, 15) is 14.4 Å². The number of rotatable bonds is 8. The van der Waals surface area contributed by atoms with E-state index >= 15 is 0 Å². The lowest BCUT2D eigenvalue weighted by molar-refractivity contribution is -0.145. The molecule has 114 valence electrons. The molecular weight excluding hydrogens is 264 g/mol. The zero-order valence-electron chi connectivity index (χ0n) is 12.0. The van der Waals surface area contributed by atoms with Gasteiger partial charge in [0.25, 0.3) is 0 Å². The van der Waals surface area contributed by atoms with Gasteiger partial charge in [-0.25, -0.2) is 4.79 Å². The Morgan fingerprint density at radius 3 is 2.20 bits per heavy atom. The summed E-state index contributed by atoms with van der Waals surface area (Å²) in [6, 6.07) is -1.69. The van der Waals surface area contributed by atoms with Gasteiger partial charge in [-0.15, -0.1) is 0 Å². The summed E-state index contributed by atoms with van der Waals surface area (Å²) in [6.45, 7) is 5.13. The van der Waals surface area contributed by atoms with Gasteiger partial charge < -0.3 is 20.5 Å². The molecule has 0 saturated carbocycles. The molecule has 0 aromatic rings. The third-order valence-electron chi connectivity index (χ3n) is 2.21. The Morgan fingerprint density at radius 1 is 1.15 bits per heavy atom. The highest BCUT2D eigenvalue weighted by molar-refractivity contribution is 5.84. The van der Waals surface area contributed by atoms with E-state index in [4.69, 9.17) is 15.2 Å². The highest BCUT2D eigenvalue weighted by Gasteiger charge is 2.18. The smallest absolute Gasteiger partial charge is 0.332 e. The van der Waals surface area contributed by atoms with Gasteiger partial charge in [0.05, 0.1) is 13.2 Å². The fraction of sp³-hybridized carbons (Fsp3) is 0.615. The van der Waals surface area contributed by atoms with Gasteiger partial charge in [-0.1, -0.05) is 12.2 Å². The molecule has 3 N–H and O–H groups in total. The van der Waals surface area contributed by atoms with Gasteiger partial charge in [0.2, 0.25) is 5.91 Å². The molecule has 0 aromatic heterocycles. The molecule has 0 aromatic carbocycles. The fourth-order valence-electron chi connectivity index (χ4n) is 1.34. The summed E-state index contributed by atoms with van der Waals surface area (Å²) in [6.07, 6.45) is 3.19. The number of carbonyl (C=O) groups is 3. The van der Waals surface area contributed by atoms with Crippen molar-refractivity contribution >= 4 is 17.8 Å². The van der Waals surface area contributed by atoms with Crippen LogP contribution in [-0.4, -0.2) is 43.1 Å². The largest absolute Gasteiger partial charge is 0.465 e. The maximum Gasteiger partial charge on any atom is 0.332 e. The average Bonchev–Trinajstić information content (AvgIpc) is 2.37. The lowest BCUT2D eigenvalue weighted by Gasteiger charge is -2.13. The van der Waals surface area contributed by atoms with Gasteiger partial charge in [-0.2, -0.15) is 0 Å². The van der Waals surface area contributed by atoms with Crippen LogP contribution in [0.4, 0.5) is 0 Å². The average molecular weight is 286 g/mol. The van der Waals surface area contributed by atoms with Crippen molar-refractivity contribution in [3.63, 3.8) is 0 Å². The Morgan fingerprint density at radius 2 is 1.70 bits per heavy atom. The number of ether oxygens (including phenoxy) is 2. The highest BCUT2D eigenvalue weighted by atomic mass is 16.5. The van der Waals surface area contributed by atoms with E-state index in [1.165, 1.54) is 13.0 Å². The predicted molar refractivity (Wildman–Crippen MR) is 72.6 cm³/mol. The van der Waals surface area contributed by atoms with Crippen molar-refractivity contribution in [2.45, 2.75) is 39.3 Å². The molecule has 0 fully saturated rings. The van der Waals surface area contributed by atoms with E-state index in [2.05, 4.69) is 5.32 Å². The lowest BCUT2D eigenvalue weighted by atomic mass is 10.1. The third kappa shape index (κ3) is 7.52. The summed E-state index contributed by atoms with van der Waals surface area (Å²) in [5.41, 5.74) is 5.60. The molecule has 0 heterocycles. The van der Waals surface area contributed by atoms with Crippen molar-refractivity contribution < 1.29 is 23.9 Å². The first kappa shape index (κ1) is 18.1. The molecule has 0 saturated heterocycles. The van der Waals surface area contributed by atoms with Crippen LogP contribution in [-0.2, 0) is 23.9 Å². The number of amides is 1. The molecule has 20 heavy (non-hydrogen) atoms. The Bertz CT molecular complexity index is 368. The van der Waals surface area contributed by atoms with Gasteiger partial charge in [0.1, 0.15) is 12.1 Å². The van der Waals surface area contributed by atoms with Crippen molar-refractivity contribution in [3.05, 3.63) is 12.2 Å². The summed E-state index contributed by atoms with van der Waals surface area (Å²) >= 11 is 0. The van der Waals surface area contributed by atoms with Crippen molar-refractivity contribution in [1.82, 2.24) is 5.32 Å². The zero-order valence-corrected chi connectivity index (χ0v) is 12.0. The quantitative estimate of drug-likeness (QED) is 0.476. The van der Waals surface area contributed by atoms with Crippen LogP contribution in [0.25, 0.3) is 0 Å². The molecular formula is C13H22N2O5. The summed E-state index contributed by atoms with van der Waals surface area (Å²) in [5.74, 6) is -1.43. The minimum Gasteiger partial charge on any atom is -0.465 e. The number of nitrogens with one attached hydrogen (secondary N) is 1. The first-order chi connectivity index (χ1) is 9.42. The second kappa shape index (κ2) is 9.96. The molecule has 0 unspecified atom stereocenters. The summed E-state index contributed by atoms with van der Waals surface area (Å²) < 4.78 is 9.57. The normalized spacial score (nSPS) is 13.6. The number of hydrogen-bond donors (Lipinski definition) is 2. The van der Waals surface area contributed by atoms with Crippen LogP contribution in [0.15, 0.2) is 12.2 Å². The molecule has 2 atom stereocenters. The minimum absolute atomic E-state index is 0.203. The second-order valence-corrected chi connectivity index (χ2v) is 3.95. The number of nitrogens with two attached hydrogens (primary N) is 1. The van der Waals surface area contributed by atoms with Crippen LogP contribution < -0.4 is 11.1 Å². The van der Waals surface area contributed by atoms with Crippen LogP contribution in [0.3, 0.4) is 0 Å². The molecule has 0 spiro atoms. The topological polar surface area (TPSA) is 108 Å². The molecule has 0 aliphatic carbocycles. The molecule has 0 rings (SSSR count). The van der Waals surface area contributed by atoms with Crippen molar-refractivity contribution in [2.75, 3.05) is 13.2 Å². The van der Waals surface area contributed by atoms with Gasteiger partial charge >= 0.3 is 11.9 Å². The monoisotopic (exact) mass is 286 g/mol. The Labute approximate surface area is 118 Å². The van der Waals surface area contributed by atoms with Crippen molar-refractivity contribution in [2.24, 2.45) is 5.73 Å². The summed E-state index contributed by atoms with van der Waals surface area (Å²) in [7, 11) is 0. The molecule has 0 aliphatic rings. The van der Waals surface area contributed by atoms with Crippen molar-refractivity contribution in [3.8, 4) is 0 Å². The third-order valence-corrected chi connectivity index (χ3v) is 2.21. The van der Waals surface area contributed by atoms with Gasteiger partial charge in [-0.05, 0) is 20.3 Å². The molecule has 1 amide bonds. The summed E-state index contributed by atoms with van der Waals surface area (Å²) in [5, 5.41) is 2.44. The first-order valence-electron chi connectivity index (χ1n) is 6.44. The Balaban J connectivity index is 4.49. The number of esters is 2. The molecule has 7 heteroatoms. The van der Waals surface area contributed by atoms with Crippen LogP contribution in [0.5, 0.6) is 0 Å². The maximum atomic E-state index is 11.6. The highest BCUT2D eigenvalue weighted by Crippen LogP contribution is 1.98. The van der Waals surface area contributed by atoms with Gasteiger partial charge in [0.15, 0.2) is 0 Å². The van der Waals surface area contributed by atoms with Crippen LogP contribution in [0, 0.1) is 0 Å². The van der Waals surface area contributed by atoms with Crippen LogP contribution in [0.1, 0.15) is 27.2 Å². The lowest BCUT2D eigenvalue weighted by Crippen LogP contribution is -2.39. The maximum absolute atomic E-state index is 11.6. The van der Waals surface area contributed by atoms with E-state index in [0.717, 1.165) is 0 Å². The zero-order chi connectivity index (χ0) is 15.5. The second-order valence-electron chi connectivity index (χ2n) is 3.95. The van der Waals surface area contributed by atoms with Crippen LogP contribution in [0.2, 0.25) is 0 Å². The Hall–Kier alpha value is -1.89. The van der Waals surface area contributed by atoms with Crippen LogP contribution >= 0.6 is 0 Å². The van der Waals surface area contributed by atoms with Crippen molar-refractivity contribution in [1.29, 1.82) is 0 Å². The summed E-state index contributed by atoms with van der Waals surface area (Å²) in [4.78, 5) is 33.9. The van der Waals surface area contributed by atoms with E-state index in [-0.39, 0.29) is 25.5 Å². The van der Waals surface area contributed by atoms with Gasteiger partial charge in [-0.3, -0.25) is 9.59 Å². The Kier molecular flexibility index (Phi) is 9.02. The molecule has 0 radical (unpaired) electrons. The SMILES string of the molecule is CCOC(=O)[C@H](N)C/C=C/[C@H](NC(C)=O)C(=O)OCC. The van der Waals surface area contributed by atoms with Gasteiger partial charge in [0, 0.05) is 6.92 Å². The standard InChI is InChI=1S/C13H22N2O5/c1-4-19-12(17)10(14)7-6-8-11(15-9(3)16)13(18)20-5-2/h6,8,10-11H,4-5,7,14H2,1-3H3,(H,15,16)/b8-6+/t10-,11+/m1/s1. The van der Waals surface area contributed by atoms with E-state index in [1.807, 2.05) is 0 Å². The first-order valence-corrected chi connectivity index (χ1v) is 6.44. The molecule has 0 bridgehead atoms. The van der Waals surface area contributed by atoms with E-state index in [1.54, 1.807) is 19.9 Å². The minimum atomic E-state index is -0.887. The van der Waals surface area contributed by atoms with E-state index < -0.39 is 24.0 Å². The fourth-order valence-corrected chi connectivity index (χ4v) is 1.34.